The molecule has 2 nitrogen and oxygen atoms in total. The third kappa shape index (κ3) is 2.88. The predicted octanol–water partition coefficient (Wildman–Crippen LogP) is 3.91. The first-order chi connectivity index (χ1) is 10.8. The second-order valence-corrected chi connectivity index (χ2v) is 5.32. The number of fused-ring (bicyclic) bond motifs is 1. The summed E-state index contributed by atoms with van der Waals surface area (Å²) in [5.41, 5.74) is 5.19. The molecule has 2 aromatic rings. The maximum absolute atomic E-state index is 13.4. The summed E-state index contributed by atoms with van der Waals surface area (Å²) in [6.45, 7) is 0.146. The molecule has 2 N–H and O–H groups in total. The van der Waals surface area contributed by atoms with E-state index in [1.807, 2.05) is 0 Å². The van der Waals surface area contributed by atoms with Crippen molar-refractivity contribution in [1.29, 1.82) is 0 Å². The largest absolute Gasteiger partial charge is 0.488 e. The van der Waals surface area contributed by atoms with Crippen LogP contribution >= 0.6 is 0 Å². The van der Waals surface area contributed by atoms with Gasteiger partial charge in [0, 0.05) is 18.5 Å². The van der Waals surface area contributed by atoms with E-state index >= 15 is 0 Å². The molecule has 0 amide bonds. The number of hydrogen-bond acceptors (Lipinski definition) is 2. The van der Waals surface area contributed by atoms with E-state index in [1.165, 1.54) is 6.07 Å². The quantitative estimate of drug-likeness (QED) is 0.848. The van der Waals surface area contributed by atoms with E-state index in [2.05, 4.69) is 0 Å². The first kappa shape index (κ1) is 15.7. The average Bonchev–Trinajstić information content (AvgIpc) is 2.91. The zero-order valence-corrected chi connectivity index (χ0v) is 11.8. The standard InChI is InChI=1S/C16H12F5NO/c17-13-2-1-8(5-14(13)18)12-6-10(16(19,20)21)3-9-4-11(7-22)23-15(9)12/h1-3,5-6,11H,4,7,22H2. The van der Waals surface area contributed by atoms with E-state index in [1.54, 1.807) is 0 Å². The smallest absolute Gasteiger partial charge is 0.416 e. The van der Waals surface area contributed by atoms with Crippen LogP contribution in [0.25, 0.3) is 11.1 Å². The predicted molar refractivity (Wildman–Crippen MR) is 74.0 cm³/mol. The first-order valence-corrected chi connectivity index (χ1v) is 6.86. The zero-order valence-electron chi connectivity index (χ0n) is 11.8. The molecule has 7 heteroatoms. The van der Waals surface area contributed by atoms with Gasteiger partial charge in [-0.1, -0.05) is 6.07 Å². The van der Waals surface area contributed by atoms with E-state index in [4.69, 9.17) is 10.5 Å². The van der Waals surface area contributed by atoms with Crippen molar-refractivity contribution in [3.63, 3.8) is 0 Å². The van der Waals surface area contributed by atoms with Crippen molar-refractivity contribution in [2.45, 2.75) is 18.7 Å². The average molecular weight is 329 g/mol. The van der Waals surface area contributed by atoms with Crippen LogP contribution in [0.15, 0.2) is 30.3 Å². The van der Waals surface area contributed by atoms with Gasteiger partial charge in [0.05, 0.1) is 5.56 Å². The number of rotatable bonds is 2. The van der Waals surface area contributed by atoms with Gasteiger partial charge in [-0.3, -0.25) is 0 Å². The number of halogens is 5. The minimum absolute atomic E-state index is 0.0738. The lowest BCUT2D eigenvalue weighted by Crippen LogP contribution is -2.24. The van der Waals surface area contributed by atoms with E-state index in [0.29, 0.717) is 5.56 Å². The normalized spacial score (nSPS) is 17.0. The molecule has 1 atom stereocenters. The van der Waals surface area contributed by atoms with Gasteiger partial charge in [-0.2, -0.15) is 13.2 Å². The SMILES string of the molecule is NCC1Cc2cc(C(F)(F)F)cc(-c3ccc(F)c(F)c3)c2O1. The lowest BCUT2D eigenvalue weighted by Gasteiger charge is -2.14. The molecule has 0 spiro atoms. The second-order valence-electron chi connectivity index (χ2n) is 5.32. The Labute approximate surface area is 128 Å². The Hall–Kier alpha value is -2.15. The van der Waals surface area contributed by atoms with E-state index in [-0.39, 0.29) is 29.8 Å². The molecule has 0 aromatic heterocycles. The van der Waals surface area contributed by atoms with Crippen LogP contribution < -0.4 is 10.5 Å². The van der Waals surface area contributed by atoms with Crippen molar-refractivity contribution >= 4 is 0 Å². The van der Waals surface area contributed by atoms with Gasteiger partial charge in [0.2, 0.25) is 0 Å². The Kier molecular flexibility index (Phi) is 3.75. The Morgan fingerprint density at radius 1 is 1.09 bits per heavy atom. The topological polar surface area (TPSA) is 35.2 Å². The maximum Gasteiger partial charge on any atom is 0.416 e. The number of nitrogens with two attached hydrogens (primary N) is 1. The van der Waals surface area contributed by atoms with Crippen LogP contribution in [-0.2, 0) is 12.6 Å². The molecule has 1 aliphatic heterocycles. The van der Waals surface area contributed by atoms with Crippen molar-refractivity contribution < 1.29 is 26.7 Å². The monoisotopic (exact) mass is 329 g/mol. The van der Waals surface area contributed by atoms with E-state index in [0.717, 1.165) is 24.3 Å². The summed E-state index contributed by atoms with van der Waals surface area (Å²) >= 11 is 0. The lowest BCUT2D eigenvalue weighted by atomic mass is 9.97. The fourth-order valence-electron chi connectivity index (χ4n) is 2.61. The number of alkyl halides is 3. The lowest BCUT2D eigenvalue weighted by molar-refractivity contribution is -0.137. The van der Waals surface area contributed by atoms with E-state index in [9.17, 15) is 22.0 Å². The molecule has 1 aliphatic rings. The van der Waals surface area contributed by atoms with Gasteiger partial charge < -0.3 is 10.5 Å². The summed E-state index contributed by atoms with van der Waals surface area (Å²) in [6, 6.07) is 4.82. The summed E-state index contributed by atoms with van der Waals surface area (Å²) in [5.74, 6) is -1.97. The molecule has 2 aromatic carbocycles. The van der Waals surface area contributed by atoms with Crippen LogP contribution in [-0.4, -0.2) is 12.6 Å². The van der Waals surface area contributed by atoms with Crippen LogP contribution in [0.4, 0.5) is 22.0 Å². The molecule has 122 valence electrons. The molecule has 0 bridgehead atoms. The highest BCUT2D eigenvalue weighted by Crippen LogP contribution is 2.43. The van der Waals surface area contributed by atoms with Gasteiger partial charge in [0.1, 0.15) is 11.9 Å². The number of benzene rings is 2. The van der Waals surface area contributed by atoms with Crippen LogP contribution in [0, 0.1) is 11.6 Å². The molecule has 1 unspecified atom stereocenters. The Bertz CT molecular complexity index is 757. The van der Waals surface area contributed by atoms with Crippen molar-refractivity contribution in [3.8, 4) is 16.9 Å². The molecular formula is C16H12F5NO. The van der Waals surface area contributed by atoms with Crippen molar-refractivity contribution in [2.75, 3.05) is 6.54 Å². The Morgan fingerprint density at radius 3 is 2.43 bits per heavy atom. The fraction of sp³-hybridized carbons (Fsp3) is 0.250. The minimum atomic E-state index is -4.55. The second kappa shape index (κ2) is 5.49. The van der Waals surface area contributed by atoms with Gasteiger partial charge in [-0.25, -0.2) is 8.78 Å². The Morgan fingerprint density at radius 2 is 1.83 bits per heavy atom. The third-order valence-electron chi connectivity index (χ3n) is 3.72. The molecule has 23 heavy (non-hydrogen) atoms. The van der Waals surface area contributed by atoms with Crippen LogP contribution in [0.3, 0.4) is 0 Å². The Balaban J connectivity index is 2.19. The van der Waals surface area contributed by atoms with Crippen LogP contribution in [0.1, 0.15) is 11.1 Å². The third-order valence-corrected chi connectivity index (χ3v) is 3.72. The van der Waals surface area contributed by atoms with Crippen LogP contribution in [0.2, 0.25) is 0 Å². The van der Waals surface area contributed by atoms with Crippen molar-refractivity contribution in [2.24, 2.45) is 5.73 Å². The molecule has 1 heterocycles. The molecule has 0 aliphatic carbocycles. The van der Waals surface area contributed by atoms with Crippen molar-refractivity contribution in [3.05, 3.63) is 53.1 Å². The summed E-state index contributed by atoms with van der Waals surface area (Å²) in [5, 5.41) is 0. The summed E-state index contributed by atoms with van der Waals surface area (Å²) in [7, 11) is 0. The highest BCUT2D eigenvalue weighted by molar-refractivity contribution is 5.74. The summed E-state index contributed by atoms with van der Waals surface area (Å²) in [4.78, 5) is 0. The molecule has 3 rings (SSSR count). The summed E-state index contributed by atoms with van der Waals surface area (Å²) in [6.07, 6.45) is -4.74. The highest BCUT2D eigenvalue weighted by atomic mass is 19.4. The fourth-order valence-corrected chi connectivity index (χ4v) is 2.61. The molecular weight excluding hydrogens is 317 g/mol. The highest BCUT2D eigenvalue weighted by Gasteiger charge is 2.35. The molecule has 0 fully saturated rings. The number of ether oxygens (including phenoxy) is 1. The molecule has 0 saturated heterocycles. The van der Waals surface area contributed by atoms with Gasteiger partial charge in [-0.05, 0) is 35.4 Å². The number of hydrogen-bond donors (Lipinski definition) is 1. The van der Waals surface area contributed by atoms with Gasteiger partial charge >= 0.3 is 6.18 Å². The van der Waals surface area contributed by atoms with Gasteiger partial charge in [0.15, 0.2) is 11.6 Å². The van der Waals surface area contributed by atoms with Crippen LogP contribution in [0.5, 0.6) is 5.75 Å². The molecule has 0 saturated carbocycles. The van der Waals surface area contributed by atoms with E-state index < -0.39 is 29.5 Å². The van der Waals surface area contributed by atoms with Gasteiger partial charge in [0.25, 0.3) is 0 Å². The summed E-state index contributed by atoms with van der Waals surface area (Å²) < 4.78 is 71.3. The first-order valence-electron chi connectivity index (χ1n) is 6.86. The minimum Gasteiger partial charge on any atom is -0.488 e. The zero-order chi connectivity index (χ0) is 16.8. The van der Waals surface area contributed by atoms with Gasteiger partial charge in [-0.15, -0.1) is 0 Å². The van der Waals surface area contributed by atoms with Crippen molar-refractivity contribution in [1.82, 2.24) is 0 Å². The maximum atomic E-state index is 13.4. The molecule has 0 radical (unpaired) electrons.